The second-order valence-electron chi connectivity index (χ2n) is 13.9. The van der Waals surface area contributed by atoms with E-state index in [1.165, 1.54) is 38.5 Å². The molecule has 0 radical (unpaired) electrons. The molecular formula is C46H34N2O2. The molecule has 0 saturated heterocycles. The lowest BCUT2D eigenvalue weighted by Gasteiger charge is -2.42. The van der Waals surface area contributed by atoms with Crippen molar-refractivity contribution in [3.8, 4) is 11.4 Å². The molecule has 8 aromatic rings. The average molecular weight is 647 g/mol. The van der Waals surface area contributed by atoms with E-state index in [4.69, 9.17) is 4.42 Å². The first kappa shape index (κ1) is 28.7. The first-order chi connectivity index (χ1) is 24.5. The summed E-state index contributed by atoms with van der Waals surface area (Å²) in [4.78, 5) is 2.34. The molecule has 0 bridgehead atoms. The Morgan fingerprint density at radius 1 is 0.600 bits per heavy atom. The van der Waals surface area contributed by atoms with E-state index in [2.05, 4.69) is 163 Å². The van der Waals surface area contributed by atoms with Gasteiger partial charge in [0.2, 0.25) is 0 Å². The number of nitrogens with zero attached hydrogens (tertiary/aromatic N) is 2. The summed E-state index contributed by atoms with van der Waals surface area (Å²) >= 11 is 0. The van der Waals surface area contributed by atoms with E-state index in [1.54, 1.807) is 6.07 Å². The molecule has 0 saturated carbocycles. The van der Waals surface area contributed by atoms with Gasteiger partial charge in [0.15, 0.2) is 16.9 Å². The van der Waals surface area contributed by atoms with E-state index < -0.39 is 0 Å². The fourth-order valence-electron chi connectivity index (χ4n) is 8.33. The summed E-state index contributed by atoms with van der Waals surface area (Å²) in [6, 6.07) is 46.8. The van der Waals surface area contributed by atoms with Gasteiger partial charge >= 0.3 is 0 Å². The van der Waals surface area contributed by atoms with Gasteiger partial charge in [0.05, 0.1) is 28.1 Å². The van der Waals surface area contributed by atoms with Crippen LogP contribution < -0.4 is 4.90 Å². The lowest BCUT2D eigenvalue weighted by molar-refractivity contribution is 0.469. The topological polar surface area (TPSA) is 41.5 Å². The third-order valence-corrected chi connectivity index (χ3v) is 10.8. The van der Waals surface area contributed by atoms with Crippen LogP contribution in [0.5, 0.6) is 5.75 Å². The molecule has 0 spiro atoms. The normalized spacial score (nSPS) is 16.8. The highest BCUT2D eigenvalue weighted by Crippen LogP contribution is 2.52. The van der Waals surface area contributed by atoms with E-state index in [-0.39, 0.29) is 17.1 Å². The maximum Gasteiger partial charge on any atom is 0.177 e. The molecule has 4 heteroatoms. The molecule has 6 aromatic carbocycles. The molecule has 240 valence electrons. The quantitative estimate of drug-likeness (QED) is 0.208. The van der Waals surface area contributed by atoms with Crippen LogP contribution in [-0.4, -0.2) is 9.67 Å². The number of aromatic hydroxyl groups is 1. The zero-order valence-corrected chi connectivity index (χ0v) is 27.8. The highest BCUT2D eigenvalue weighted by atomic mass is 16.4. The number of aromatic nitrogens is 1. The van der Waals surface area contributed by atoms with Crippen molar-refractivity contribution in [1.82, 2.24) is 4.57 Å². The van der Waals surface area contributed by atoms with Crippen molar-refractivity contribution in [2.24, 2.45) is 0 Å². The van der Waals surface area contributed by atoms with Crippen molar-refractivity contribution >= 4 is 55.1 Å². The van der Waals surface area contributed by atoms with Gasteiger partial charge in [-0.3, -0.25) is 0 Å². The number of fused-ring (bicyclic) bond motifs is 7. The summed E-state index contributed by atoms with van der Waals surface area (Å²) in [6.45, 7) is 4.64. The van der Waals surface area contributed by atoms with Crippen molar-refractivity contribution in [3.05, 3.63) is 180 Å². The van der Waals surface area contributed by atoms with Crippen molar-refractivity contribution in [2.75, 3.05) is 4.90 Å². The largest absolute Gasteiger partial charge is 0.504 e. The Balaban J connectivity index is 1.14. The molecule has 3 heterocycles. The zero-order chi connectivity index (χ0) is 33.6. The van der Waals surface area contributed by atoms with Crippen LogP contribution in [0.1, 0.15) is 30.9 Å². The van der Waals surface area contributed by atoms with E-state index in [0.29, 0.717) is 5.58 Å². The summed E-state index contributed by atoms with van der Waals surface area (Å²) < 4.78 is 8.85. The lowest BCUT2D eigenvalue weighted by atomic mass is 9.73. The lowest BCUT2D eigenvalue weighted by Crippen LogP contribution is -2.33. The first-order valence-corrected chi connectivity index (χ1v) is 17.2. The number of rotatable bonds is 3. The number of furan rings is 1. The average Bonchev–Trinajstić information content (AvgIpc) is 3.60. The van der Waals surface area contributed by atoms with Gasteiger partial charge in [-0.15, -0.1) is 0 Å². The minimum absolute atomic E-state index is 0.0727. The second kappa shape index (κ2) is 10.6. The smallest absolute Gasteiger partial charge is 0.177 e. The third kappa shape index (κ3) is 4.05. The number of anilines is 2. The van der Waals surface area contributed by atoms with Crippen LogP contribution in [-0.2, 0) is 5.41 Å². The number of phenols is 1. The second-order valence-corrected chi connectivity index (χ2v) is 13.9. The maximum absolute atomic E-state index is 10.7. The van der Waals surface area contributed by atoms with Gasteiger partial charge < -0.3 is 19.0 Å². The monoisotopic (exact) mass is 646 g/mol. The van der Waals surface area contributed by atoms with E-state index in [0.717, 1.165) is 39.1 Å². The molecule has 50 heavy (non-hydrogen) atoms. The minimum Gasteiger partial charge on any atom is -0.504 e. The van der Waals surface area contributed by atoms with Gasteiger partial charge in [-0.25, -0.2) is 0 Å². The zero-order valence-electron chi connectivity index (χ0n) is 27.8. The van der Waals surface area contributed by atoms with E-state index in [9.17, 15) is 5.11 Å². The van der Waals surface area contributed by atoms with Crippen LogP contribution in [0.2, 0.25) is 0 Å². The third-order valence-electron chi connectivity index (χ3n) is 10.8. The Morgan fingerprint density at radius 3 is 2.16 bits per heavy atom. The Bertz CT molecular complexity index is 2760. The standard InChI is InChI=1S/C46H34N2O2/c1-46(2)36-17-7-9-19-40(36)48(42-20-10-15-33-34-16-11-21-43(49)45(34)50-44(33)42)41-27-23-29(22-25-37(41)46)30-24-26-39-35(28-30)32-14-6-8-18-38(32)47(39)31-12-4-3-5-13-31/h3-29,49H,1-2H3. The fraction of sp³-hybridized carbons (Fsp3) is 0.0870. The minimum atomic E-state index is -0.245. The van der Waals surface area contributed by atoms with Crippen LogP contribution in [0.15, 0.2) is 173 Å². The molecule has 10 rings (SSSR count). The van der Waals surface area contributed by atoms with Crippen molar-refractivity contribution < 1.29 is 9.52 Å². The number of phenolic OH excluding ortho intramolecular Hbond substituents is 1. The molecule has 1 aliphatic carbocycles. The van der Waals surface area contributed by atoms with E-state index >= 15 is 0 Å². The van der Waals surface area contributed by atoms with Gasteiger partial charge in [-0.05, 0) is 71.3 Å². The summed E-state index contributed by atoms with van der Waals surface area (Å²) in [5.41, 5.74) is 11.5. The predicted molar refractivity (Wildman–Crippen MR) is 206 cm³/mol. The van der Waals surface area contributed by atoms with Crippen molar-refractivity contribution in [3.63, 3.8) is 0 Å². The summed E-state index contributed by atoms with van der Waals surface area (Å²) in [6.07, 6.45) is 9.32. The van der Waals surface area contributed by atoms with Gasteiger partial charge in [0.1, 0.15) is 0 Å². The van der Waals surface area contributed by atoms with Crippen LogP contribution in [0, 0.1) is 0 Å². The highest BCUT2D eigenvalue weighted by molar-refractivity contribution is 6.12. The molecule has 2 aromatic heterocycles. The van der Waals surface area contributed by atoms with E-state index in [1.807, 2.05) is 12.1 Å². The Hall–Kier alpha value is -6.26. The fourth-order valence-corrected chi connectivity index (χ4v) is 8.33. The van der Waals surface area contributed by atoms with Crippen molar-refractivity contribution in [2.45, 2.75) is 25.2 Å². The molecule has 2 aliphatic rings. The highest BCUT2D eigenvalue weighted by Gasteiger charge is 2.38. The number of hydrogen-bond acceptors (Lipinski definition) is 3. The molecule has 1 unspecified atom stereocenters. The first-order valence-electron chi connectivity index (χ1n) is 17.2. The van der Waals surface area contributed by atoms with Gasteiger partial charge in [0, 0.05) is 38.6 Å². The van der Waals surface area contributed by atoms with Gasteiger partial charge in [-0.1, -0.05) is 117 Å². The van der Waals surface area contributed by atoms with Gasteiger partial charge in [0.25, 0.3) is 0 Å². The van der Waals surface area contributed by atoms with Crippen LogP contribution in [0.4, 0.5) is 11.4 Å². The Kier molecular flexibility index (Phi) is 6.10. The van der Waals surface area contributed by atoms with Gasteiger partial charge in [-0.2, -0.15) is 0 Å². The van der Waals surface area contributed by atoms with Crippen LogP contribution in [0.25, 0.3) is 49.4 Å². The molecule has 4 nitrogen and oxygen atoms in total. The molecule has 1 atom stereocenters. The summed E-state index contributed by atoms with van der Waals surface area (Å²) in [5, 5.41) is 15.1. The SMILES string of the molecule is CC1(C)C2=C(C=CC(c3ccc4c(c3)c3ccccc3n4-c3ccccc3)C=C2)N(c2cccc3c2oc2c(O)cccc23)c2ccccc21. The number of para-hydroxylation sites is 5. The molecule has 0 amide bonds. The summed E-state index contributed by atoms with van der Waals surface area (Å²) in [7, 11) is 0. The molecule has 1 aliphatic heterocycles. The maximum atomic E-state index is 10.7. The van der Waals surface area contributed by atoms with Crippen molar-refractivity contribution in [1.29, 1.82) is 0 Å². The number of hydrogen-bond donors (Lipinski definition) is 1. The molecule has 1 N–H and O–H groups in total. The number of allylic oxidation sites excluding steroid dienone is 5. The Labute approximate surface area is 290 Å². The number of benzene rings is 6. The Morgan fingerprint density at radius 2 is 1.28 bits per heavy atom. The summed E-state index contributed by atoms with van der Waals surface area (Å²) in [5.74, 6) is 0.220. The predicted octanol–water partition coefficient (Wildman–Crippen LogP) is 12.0. The van der Waals surface area contributed by atoms with Crippen LogP contribution in [0.3, 0.4) is 0 Å². The molecular weight excluding hydrogens is 613 g/mol. The molecule has 0 fully saturated rings. The van der Waals surface area contributed by atoms with Crippen LogP contribution >= 0.6 is 0 Å².